The maximum atomic E-state index is 13.0. The van der Waals surface area contributed by atoms with Crippen LogP contribution >= 0.6 is 0 Å². The first-order chi connectivity index (χ1) is 12.5. The molecule has 0 saturated carbocycles. The van der Waals surface area contributed by atoms with E-state index in [1.165, 1.54) is 13.0 Å². The highest BCUT2D eigenvalue weighted by Gasteiger charge is 2.37. The van der Waals surface area contributed by atoms with Gasteiger partial charge in [-0.1, -0.05) is 17.3 Å². The second-order valence-electron chi connectivity index (χ2n) is 5.61. The summed E-state index contributed by atoms with van der Waals surface area (Å²) in [5, 5.41) is 6.02. The lowest BCUT2D eigenvalue weighted by Crippen LogP contribution is -2.45. The first-order valence-electron chi connectivity index (χ1n) is 7.76. The van der Waals surface area contributed by atoms with Crippen molar-refractivity contribution in [1.82, 2.24) is 20.2 Å². The minimum Gasteiger partial charge on any atom is -0.354 e. The Kier molecular flexibility index (Phi) is 6.21. The molecule has 0 radical (unpaired) electrons. The van der Waals surface area contributed by atoms with Crippen molar-refractivity contribution >= 4 is 15.9 Å². The van der Waals surface area contributed by atoms with Crippen LogP contribution in [0.15, 0.2) is 33.7 Å². The second kappa shape index (κ2) is 8.05. The first-order valence-corrected chi connectivity index (χ1v) is 9.24. The highest BCUT2D eigenvalue weighted by atomic mass is 32.2. The number of alkyl halides is 3. The van der Waals surface area contributed by atoms with E-state index in [0.29, 0.717) is 17.8 Å². The third-order valence-electron chi connectivity index (χ3n) is 3.41. The van der Waals surface area contributed by atoms with E-state index < -0.39 is 38.6 Å². The van der Waals surface area contributed by atoms with E-state index in [4.69, 9.17) is 4.52 Å². The van der Waals surface area contributed by atoms with Gasteiger partial charge in [0.05, 0.1) is 16.5 Å². The quantitative estimate of drug-likeness (QED) is 0.719. The largest absolute Gasteiger partial charge is 0.417 e. The van der Waals surface area contributed by atoms with Gasteiger partial charge < -0.3 is 9.84 Å². The highest BCUT2D eigenvalue weighted by Crippen LogP contribution is 2.33. The van der Waals surface area contributed by atoms with Crippen LogP contribution < -0.4 is 10.0 Å². The topological polar surface area (TPSA) is 114 Å². The van der Waals surface area contributed by atoms with E-state index in [-0.39, 0.29) is 13.0 Å². The molecular weight excluding hydrogens is 389 g/mol. The lowest BCUT2D eigenvalue weighted by atomic mass is 10.2. The summed E-state index contributed by atoms with van der Waals surface area (Å²) in [6.07, 6.45) is -4.62. The van der Waals surface area contributed by atoms with E-state index in [9.17, 15) is 26.4 Å². The molecule has 2 aromatic rings. The van der Waals surface area contributed by atoms with Gasteiger partial charge in [-0.15, -0.1) is 0 Å². The van der Waals surface area contributed by atoms with E-state index in [1.54, 1.807) is 6.92 Å². The van der Waals surface area contributed by atoms with Crippen LogP contribution in [0.4, 0.5) is 13.2 Å². The molecule has 12 heteroatoms. The third kappa shape index (κ3) is 5.50. The van der Waals surface area contributed by atoms with Crippen LogP contribution in [0.1, 0.15) is 24.2 Å². The Morgan fingerprint density at radius 2 is 1.96 bits per heavy atom. The number of carbonyl (C=O) groups is 1. The van der Waals surface area contributed by atoms with Crippen LogP contribution in [0.3, 0.4) is 0 Å². The summed E-state index contributed by atoms with van der Waals surface area (Å²) in [4.78, 5) is 15.0. The molecule has 1 amide bonds. The predicted molar refractivity (Wildman–Crippen MR) is 87.0 cm³/mol. The van der Waals surface area contributed by atoms with E-state index in [1.807, 2.05) is 4.72 Å². The normalized spacial score (nSPS) is 13.4. The average Bonchev–Trinajstić information content (AvgIpc) is 2.99. The van der Waals surface area contributed by atoms with Gasteiger partial charge in [-0.05, 0) is 26.0 Å². The fourth-order valence-electron chi connectivity index (χ4n) is 2.17. The van der Waals surface area contributed by atoms with Gasteiger partial charge in [0.2, 0.25) is 21.8 Å². The number of rotatable bonds is 7. The van der Waals surface area contributed by atoms with Gasteiger partial charge in [0.15, 0.2) is 5.82 Å². The minimum atomic E-state index is -4.85. The van der Waals surface area contributed by atoms with Gasteiger partial charge >= 0.3 is 6.18 Å². The van der Waals surface area contributed by atoms with Crippen molar-refractivity contribution in [2.75, 3.05) is 6.54 Å². The van der Waals surface area contributed by atoms with Gasteiger partial charge in [-0.2, -0.15) is 22.9 Å². The molecule has 0 aliphatic rings. The fourth-order valence-corrected chi connectivity index (χ4v) is 3.60. The van der Waals surface area contributed by atoms with Crippen LogP contribution in [0, 0.1) is 6.92 Å². The summed E-state index contributed by atoms with van der Waals surface area (Å²) >= 11 is 0. The monoisotopic (exact) mass is 406 g/mol. The molecule has 0 fully saturated rings. The number of carbonyl (C=O) groups excluding carboxylic acids is 1. The number of amides is 1. The molecular formula is C15H17F3N4O4S. The van der Waals surface area contributed by atoms with Crippen molar-refractivity contribution in [2.45, 2.75) is 37.4 Å². The SMILES string of the molecule is Cc1noc(CCNC(=O)[C@H](C)NS(=O)(=O)c2ccccc2C(F)(F)F)n1. The molecule has 1 aromatic heterocycles. The summed E-state index contributed by atoms with van der Waals surface area (Å²) in [6.45, 7) is 2.94. The van der Waals surface area contributed by atoms with Crippen LogP contribution in [0.5, 0.6) is 0 Å². The third-order valence-corrected chi connectivity index (χ3v) is 5.01. The Labute approximate surface area is 153 Å². The van der Waals surface area contributed by atoms with E-state index in [0.717, 1.165) is 12.1 Å². The zero-order chi connectivity index (χ0) is 20.2. The molecule has 27 heavy (non-hydrogen) atoms. The standard InChI is InChI=1S/C15H17F3N4O4S/c1-9(14(23)19-8-7-13-20-10(2)21-26-13)22-27(24,25)12-6-4-3-5-11(12)15(16,17)18/h3-6,9,22H,7-8H2,1-2H3,(H,19,23)/t9-/m0/s1. The molecule has 2 N–H and O–H groups in total. The number of aromatic nitrogens is 2. The van der Waals surface area contributed by atoms with Crippen molar-refractivity contribution in [3.63, 3.8) is 0 Å². The van der Waals surface area contributed by atoms with Crippen molar-refractivity contribution < 1.29 is 30.9 Å². The van der Waals surface area contributed by atoms with Crippen LogP contribution in [0.25, 0.3) is 0 Å². The van der Waals surface area contributed by atoms with Gasteiger partial charge in [0.25, 0.3) is 0 Å². The average molecular weight is 406 g/mol. The van der Waals surface area contributed by atoms with Gasteiger partial charge in [-0.3, -0.25) is 4.79 Å². The Balaban J connectivity index is 2.01. The maximum Gasteiger partial charge on any atom is 0.417 e. The minimum absolute atomic E-state index is 0.0890. The molecule has 2 rings (SSSR count). The number of sulfonamides is 1. The van der Waals surface area contributed by atoms with Gasteiger partial charge in [-0.25, -0.2) is 8.42 Å². The van der Waals surface area contributed by atoms with Crippen molar-refractivity contribution in [1.29, 1.82) is 0 Å². The number of hydrogen-bond acceptors (Lipinski definition) is 6. The first kappa shape index (κ1) is 20.8. The number of halogens is 3. The Hall–Kier alpha value is -2.47. The zero-order valence-corrected chi connectivity index (χ0v) is 15.2. The van der Waals surface area contributed by atoms with Crippen LogP contribution in [-0.4, -0.2) is 37.1 Å². The van der Waals surface area contributed by atoms with Crippen molar-refractivity contribution in [2.24, 2.45) is 0 Å². The number of hydrogen-bond donors (Lipinski definition) is 2. The molecule has 0 aliphatic heterocycles. The second-order valence-corrected chi connectivity index (χ2v) is 7.30. The number of benzene rings is 1. The molecule has 0 unspecified atom stereocenters. The smallest absolute Gasteiger partial charge is 0.354 e. The molecule has 0 aliphatic carbocycles. The Morgan fingerprint density at radius 3 is 2.56 bits per heavy atom. The zero-order valence-electron chi connectivity index (χ0n) is 14.4. The molecule has 1 aromatic carbocycles. The molecule has 1 atom stereocenters. The van der Waals surface area contributed by atoms with Crippen LogP contribution in [0.2, 0.25) is 0 Å². The Morgan fingerprint density at radius 1 is 1.30 bits per heavy atom. The van der Waals surface area contributed by atoms with E-state index >= 15 is 0 Å². The molecule has 0 saturated heterocycles. The Bertz CT molecular complexity index is 912. The number of nitrogens with zero attached hydrogens (tertiary/aromatic N) is 2. The van der Waals surface area contributed by atoms with E-state index in [2.05, 4.69) is 15.5 Å². The number of nitrogens with one attached hydrogen (secondary N) is 2. The highest BCUT2D eigenvalue weighted by molar-refractivity contribution is 7.89. The maximum absolute atomic E-state index is 13.0. The predicted octanol–water partition coefficient (Wildman–Crippen LogP) is 1.42. The molecule has 1 heterocycles. The summed E-state index contributed by atoms with van der Waals surface area (Å²) in [6, 6.07) is 2.44. The fraction of sp³-hybridized carbons (Fsp3) is 0.400. The summed E-state index contributed by atoms with van der Waals surface area (Å²) in [5.74, 6) is 0.0141. The molecule has 0 bridgehead atoms. The molecule has 8 nitrogen and oxygen atoms in total. The van der Waals surface area contributed by atoms with Crippen LogP contribution in [-0.2, 0) is 27.4 Å². The van der Waals surface area contributed by atoms with Gasteiger partial charge in [0.1, 0.15) is 0 Å². The van der Waals surface area contributed by atoms with Crippen molar-refractivity contribution in [3.8, 4) is 0 Å². The summed E-state index contributed by atoms with van der Waals surface area (Å²) < 4.78 is 70.4. The lowest BCUT2D eigenvalue weighted by Gasteiger charge is -2.17. The number of aryl methyl sites for hydroxylation is 1. The lowest BCUT2D eigenvalue weighted by molar-refractivity contribution is -0.139. The summed E-state index contributed by atoms with van der Waals surface area (Å²) in [5.41, 5.74) is -1.31. The molecule has 0 spiro atoms. The van der Waals surface area contributed by atoms with Crippen molar-refractivity contribution in [3.05, 3.63) is 41.5 Å². The molecule has 148 valence electrons. The van der Waals surface area contributed by atoms with Gasteiger partial charge in [0, 0.05) is 13.0 Å². The summed E-state index contributed by atoms with van der Waals surface area (Å²) in [7, 11) is -4.56.